The second-order valence-corrected chi connectivity index (χ2v) is 5.26. The molecule has 1 aromatic carbocycles. The topological polar surface area (TPSA) is 64.3 Å². The second kappa shape index (κ2) is 6.07. The highest BCUT2D eigenvalue weighted by Crippen LogP contribution is 2.25. The summed E-state index contributed by atoms with van der Waals surface area (Å²) in [6, 6.07) is 5.59. The molecule has 0 heterocycles. The number of rotatable bonds is 6. The van der Waals surface area contributed by atoms with Gasteiger partial charge in [0.1, 0.15) is 5.75 Å². The van der Waals surface area contributed by atoms with Crippen LogP contribution in [0.1, 0.15) is 25.8 Å². The van der Waals surface area contributed by atoms with Gasteiger partial charge in [0.25, 0.3) is 0 Å². The fourth-order valence-corrected chi connectivity index (χ4v) is 1.94. The maximum absolute atomic E-state index is 10.9. The van der Waals surface area contributed by atoms with E-state index in [9.17, 15) is 4.79 Å². The Balaban J connectivity index is 2.63. The summed E-state index contributed by atoms with van der Waals surface area (Å²) >= 11 is 6.04. The maximum atomic E-state index is 10.9. The van der Waals surface area contributed by atoms with E-state index in [0.29, 0.717) is 17.3 Å². The molecule has 5 heteroatoms. The average Bonchev–Trinajstić information content (AvgIpc) is 2.25. The number of hydrogen-bond donors (Lipinski definition) is 2. The molecule has 1 rings (SSSR count). The fraction of sp³-hybridized carbons (Fsp3) is 0.462. The van der Waals surface area contributed by atoms with Gasteiger partial charge in [0.15, 0.2) is 0 Å². The lowest BCUT2D eigenvalue weighted by atomic mass is 10.00. The summed E-state index contributed by atoms with van der Waals surface area (Å²) in [6.07, 6.45) is 0.289. The van der Waals surface area contributed by atoms with Crippen molar-refractivity contribution in [3.05, 3.63) is 28.8 Å². The second-order valence-electron chi connectivity index (χ2n) is 4.85. The van der Waals surface area contributed by atoms with Crippen LogP contribution in [-0.2, 0) is 11.3 Å². The third-order valence-corrected chi connectivity index (χ3v) is 2.90. The molecule has 18 heavy (non-hydrogen) atoms. The van der Waals surface area contributed by atoms with Crippen LogP contribution in [0.3, 0.4) is 0 Å². The van der Waals surface area contributed by atoms with Crippen LogP contribution in [0.25, 0.3) is 0 Å². The lowest BCUT2D eigenvalue weighted by molar-refractivity contribution is -0.119. The molecule has 0 bridgehead atoms. The quantitative estimate of drug-likeness (QED) is 0.832. The number of nitrogens with two attached hydrogens (primary N) is 1. The maximum Gasteiger partial charge on any atom is 0.219 e. The lowest BCUT2D eigenvalue weighted by Crippen LogP contribution is -2.42. The van der Waals surface area contributed by atoms with Crippen molar-refractivity contribution < 1.29 is 9.53 Å². The van der Waals surface area contributed by atoms with Gasteiger partial charge in [0.05, 0.1) is 12.1 Å². The summed E-state index contributed by atoms with van der Waals surface area (Å²) in [4.78, 5) is 10.9. The Morgan fingerprint density at radius 2 is 2.17 bits per heavy atom. The lowest BCUT2D eigenvalue weighted by Gasteiger charge is -2.25. The fourth-order valence-electron chi connectivity index (χ4n) is 1.66. The summed E-state index contributed by atoms with van der Waals surface area (Å²) in [6.45, 7) is 4.48. The van der Waals surface area contributed by atoms with E-state index in [4.69, 9.17) is 22.1 Å². The molecule has 0 saturated heterocycles. The Labute approximate surface area is 112 Å². The van der Waals surface area contributed by atoms with Gasteiger partial charge in [-0.25, -0.2) is 0 Å². The molecule has 4 nitrogen and oxygen atoms in total. The van der Waals surface area contributed by atoms with Crippen molar-refractivity contribution in [3.8, 4) is 5.75 Å². The highest BCUT2D eigenvalue weighted by molar-refractivity contribution is 6.32. The molecule has 0 unspecified atom stereocenters. The van der Waals surface area contributed by atoms with Gasteiger partial charge in [-0.3, -0.25) is 4.79 Å². The molecule has 1 aromatic rings. The largest absolute Gasteiger partial charge is 0.495 e. The van der Waals surface area contributed by atoms with Gasteiger partial charge in [-0.15, -0.1) is 0 Å². The number of halogens is 1. The van der Waals surface area contributed by atoms with Gasteiger partial charge in [-0.1, -0.05) is 17.7 Å². The van der Waals surface area contributed by atoms with Crippen molar-refractivity contribution in [3.63, 3.8) is 0 Å². The highest BCUT2D eigenvalue weighted by Gasteiger charge is 2.19. The molecular weight excluding hydrogens is 252 g/mol. The van der Waals surface area contributed by atoms with Crippen LogP contribution in [0, 0.1) is 0 Å². The van der Waals surface area contributed by atoms with Crippen LogP contribution < -0.4 is 15.8 Å². The molecule has 0 spiro atoms. The molecule has 0 aliphatic rings. The minimum atomic E-state index is -0.335. The Morgan fingerprint density at radius 3 is 2.67 bits per heavy atom. The van der Waals surface area contributed by atoms with Crippen LogP contribution in [0.2, 0.25) is 5.02 Å². The molecule has 3 N–H and O–H groups in total. The van der Waals surface area contributed by atoms with Crippen molar-refractivity contribution in [2.24, 2.45) is 5.73 Å². The molecule has 0 aromatic heterocycles. The smallest absolute Gasteiger partial charge is 0.219 e. The van der Waals surface area contributed by atoms with Crippen LogP contribution in [0.5, 0.6) is 5.75 Å². The summed E-state index contributed by atoms with van der Waals surface area (Å²) in [5.41, 5.74) is 5.88. The zero-order chi connectivity index (χ0) is 13.8. The summed E-state index contributed by atoms with van der Waals surface area (Å²) in [5, 5.41) is 3.84. The van der Waals surface area contributed by atoms with E-state index in [-0.39, 0.29) is 17.9 Å². The summed E-state index contributed by atoms with van der Waals surface area (Å²) in [5.74, 6) is 0.331. The Hall–Kier alpha value is -1.26. The summed E-state index contributed by atoms with van der Waals surface area (Å²) < 4.78 is 5.08. The Kier molecular flexibility index (Phi) is 4.99. The first-order chi connectivity index (χ1) is 8.34. The van der Waals surface area contributed by atoms with Crippen molar-refractivity contribution in [1.82, 2.24) is 5.32 Å². The zero-order valence-corrected chi connectivity index (χ0v) is 11.7. The van der Waals surface area contributed by atoms with E-state index in [0.717, 1.165) is 5.56 Å². The molecule has 0 saturated carbocycles. The van der Waals surface area contributed by atoms with Crippen molar-refractivity contribution >= 4 is 17.5 Å². The van der Waals surface area contributed by atoms with Crippen LogP contribution in [0.15, 0.2) is 18.2 Å². The predicted molar refractivity (Wildman–Crippen MR) is 72.7 cm³/mol. The van der Waals surface area contributed by atoms with Gasteiger partial charge in [0, 0.05) is 18.5 Å². The van der Waals surface area contributed by atoms with Crippen LogP contribution in [-0.4, -0.2) is 18.6 Å². The monoisotopic (exact) mass is 270 g/mol. The number of amides is 1. The highest BCUT2D eigenvalue weighted by atomic mass is 35.5. The first kappa shape index (κ1) is 14.8. The van der Waals surface area contributed by atoms with Crippen molar-refractivity contribution in [2.45, 2.75) is 32.4 Å². The van der Waals surface area contributed by atoms with E-state index in [1.807, 2.05) is 32.0 Å². The predicted octanol–water partition coefficient (Wildman–Crippen LogP) is 2.09. The molecule has 0 atom stereocenters. The number of primary amides is 1. The van der Waals surface area contributed by atoms with Gasteiger partial charge < -0.3 is 15.8 Å². The molecule has 0 radical (unpaired) electrons. The molecule has 0 aliphatic carbocycles. The first-order valence-corrected chi connectivity index (χ1v) is 6.07. The SMILES string of the molecule is COc1ccc(CNC(C)(C)CC(N)=O)cc1Cl. The third-order valence-electron chi connectivity index (χ3n) is 2.60. The average molecular weight is 271 g/mol. The van der Waals surface area contributed by atoms with E-state index in [1.54, 1.807) is 7.11 Å². The molecule has 100 valence electrons. The van der Waals surface area contributed by atoms with Crippen LogP contribution in [0.4, 0.5) is 0 Å². The summed E-state index contributed by atoms with van der Waals surface area (Å²) in [7, 11) is 1.58. The van der Waals surface area contributed by atoms with E-state index >= 15 is 0 Å². The molecule has 0 aliphatic heterocycles. The van der Waals surface area contributed by atoms with E-state index in [1.165, 1.54) is 0 Å². The molecule has 0 fully saturated rings. The molecular formula is C13H19ClN2O2. The Bertz CT molecular complexity index is 433. The van der Waals surface area contributed by atoms with Crippen molar-refractivity contribution in [1.29, 1.82) is 0 Å². The third kappa shape index (κ3) is 4.55. The van der Waals surface area contributed by atoms with E-state index < -0.39 is 0 Å². The van der Waals surface area contributed by atoms with E-state index in [2.05, 4.69) is 5.32 Å². The number of hydrogen-bond acceptors (Lipinski definition) is 3. The number of methoxy groups -OCH3 is 1. The number of carbonyl (C=O) groups is 1. The molecule has 1 amide bonds. The Morgan fingerprint density at radius 1 is 1.50 bits per heavy atom. The number of ether oxygens (including phenoxy) is 1. The number of nitrogens with one attached hydrogen (secondary N) is 1. The van der Waals surface area contributed by atoms with Crippen molar-refractivity contribution in [2.75, 3.05) is 7.11 Å². The number of benzene rings is 1. The normalized spacial score (nSPS) is 11.3. The number of carbonyl (C=O) groups excluding carboxylic acids is 1. The first-order valence-electron chi connectivity index (χ1n) is 5.70. The minimum absolute atomic E-state index is 0.289. The minimum Gasteiger partial charge on any atom is -0.495 e. The van der Waals surface area contributed by atoms with Gasteiger partial charge in [-0.2, -0.15) is 0 Å². The zero-order valence-electron chi connectivity index (χ0n) is 10.9. The van der Waals surface area contributed by atoms with Gasteiger partial charge in [0.2, 0.25) is 5.91 Å². The van der Waals surface area contributed by atoms with Crippen LogP contribution >= 0.6 is 11.6 Å². The van der Waals surface area contributed by atoms with Gasteiger partial charge in [-0.05, 0) is 31.5 Å². The van der Waals surface area contributed by atoms with Gasteiger partial charge >= 0.3 is 0 Å². The standard InChI is InChI=1S/C13H19ClN2O2/c1-13(2,7-12(15)17)16-8-9-4-5-11(18-3)10(14)6-9/h4-6,16H,7-8H2,1-3H3,(H2,15,17).